The van der Waals surface area contributed by atoms with Crippen LogP contribution >= 0.6 is 0 Å². The van der Waals surface area contributed by atoms with Crippen molar-refractivity contribution >= 4 is 0 Å². The Balaban J connectivity index is 2.16. The molecule has 0 fully saturated rings. The second kappa shape index (κ2) is 6.44. The Kier molecular flexibility index (Phi) is 4.84. The molecule has 1 unspecified atom stereocenters. The van der Waals surface area contributed by atoms with E-state index in [9.17, 15) is 0 Å². The Morgan fingerprint density at radius 1 is 1.05 bits per heavy atom. The van der Waals surface area contributed by atoms with Gasteiger partial charge < -0.3 is 5.32 Å². The highest BCUT2D eigenvalue weighted by molar-refractivity contribution is 5.29. The molecule has 0 aliphatic heterocycles. The van der Waals surface area contributed by atoms with Crippen LogP contribution in [-0.2, 0) is 6.54 Å². The van der Waals surface area contributed by atoms with Gasteiger partial charge in [-0.05, 0) is 47.1 Å². The van der Waals surface area contributed by atoms with E-state index in [4.69, 9.17) is 0 Å². The molecule has 3 nitrogen and oxygen atoms in total. The molecule has 2 atom stereocenters. The van der Waals surface area contributed by atoms with E-state index in [-0.39, 0.29) is 0 Å². The van der Waals surface area contributed by atoms with E-state index < -0.39 is 0 Å². The van der Waals surface area contributed by atoms with Crippen molar-refractivity contribution < 1.29 is 0 Å². The molecule has 3 heteroatoms. The molecule has 0 saturated carbocycles. The zero-order chi connectivity index (χ0) is 15.6. The van der Waals surface area contributed by atoms with Gasteiger partial charge in [-0.15, -0.1) is 0 Å². The Morgan fingerprint density at radius 3 is 2.19 bits per heavy atom. The summed E-state index contributed by atoms with van der Waals surface area (Å²) >= 11 is 0. The van der Waals surface area contributed by atoms with Crippen molar-refractivity contribution in [3.63, 3.8) is 0 Å². The van der Waals surface area contributed by atoms with Crippen LogP contribution in [0.2, 0.25) is 0 Å². The van der Waals surface area contributed by atoms with Crippen LogP contribution in [0.1, 0.15) is 60.9 Å². The molecule has 0 aliphatic rings. The Labute approximate surface area is 128 Å². The molecular formula is C18H27N3. The smallest absolute Gasteiger partial charge is 0.0644 e. The minimum atomic E-state index is 0.293. The van der Waals surface area contributed by atoms with E-state index in [0.717, 1.165) is 12.2 Å². The highest BCUT2D eigenvalue weighted by Crippen LogP contribution is 2.24. The monoisotopic (exact) mass is 285 g/mol. The van der Waals surface area contributed by atoms with Gasteiger partial charge in [-0.2, -0.15) is 5.10 Å². The van der Waals surface area contributed by atoms with Gasteiger partial charge in [0.15, 0.2) is 0 Å². The molecule has 0 bridgehead atoms. The van der Waals surface area contributed by atoms with Crippen molar-refractivity contribution in [1.29, 1.82) is 0 Å². The number of benzene rings is 1. The maximum Gasteiger partial charge on any atom is 0.0644 e. The van der Waals surface area contributed by atoms with Gasteiger partial charge in [0.1, 0.15) is 0 Å². The first kappa shape index (κ1) is 15.8. The van der Waals surface area contributed by atoms with E-state index in [1.807, 2.05) is 0 Å². The second-order valence-corrected chi connectivity index (χ2v) is 5.92. The summed E-state index contributed by atoms with van der Waals surface area (Å²) in [7, 11) is 0. The zero-order valence-corrected chi connectivity index (χ0v) is 14.1. The molecule has 1 aromatic carbocycles. The first-order valence-electron chi connectivity index (χ1n) is 7.80. The molecule has 0 aliphatic carbocycles. The molecule has 0 amide bonds. The van der Waals surface area contributed by atoms with Crippen LogP contribution in [0, 0.1) is 20.8 Å². The van der Waals surface area contributed by atoms with Crippen LogP contribution < -0.4 is 5.32 Å². The third-order valence-electron chi connectivity index (χ3n) is 4.25. The van der Waals surface area contributed by atoms with Gasteiger partial charge >= 0.3 is 0 Å². The Hall–Kier alpha value is -1.61. The quantitative estimate of drug-likeness (QED) is 0.890. The minimum Gasteiger partial charge on any atom is -0.304 e. The van der Waals surface area contributed by atoms with Crippen molar-refractivity contribution in [1.82, 2.24) is 15.1 Å². The van der Waals surface area contributed by atoms with Crippen molar-refractivity contribution in [2.24, 2.45) is 0 Å². The highest BCUT2D eigenvalue weighted by atomic mass is 15.3. The fraction of sp³-hybridized carbons (Fsp3) is 0.500. The lowest BCUT2D eigenvalue weighted by atomic mass is 10.0. The number of aryl methyl sites for hydroxylation is 3. The largest absolute Gasteiger partial charge is 0.304 e. The summed E-state index contributed by atoms with van der Waals surface area (Å²) in [6, 6.07) is 9.36. The van der Waals surface area contributed by atoms with Gasteiger partial charge in [-0.25, -0.2) is 0 Å². The van der Waals surface area contributed by atoms with Crippen LogP contribution in [0.25, 0.3) is 0 Å². The van der Waals surface area contributed by atoms with Gasteiger partial charge in [0.25, 0.3) is 0 Å². The van der Waals surface area contributed by atoms with Gasteiger partial charge in [0.05, 0.1) is 5.69 Å². The maximum absolute atomic E-state index is 4.62. The molecule has 0 radical (unpaired) electrons. The summed E-state index contributed by atoms with van der Waals surface area (Å²) in [5.74, 6) is 0. The minimum absolute atomic E-state index is 0.293. The number of aromatic nitrogens is 2. The lowest BCUT2D eigenvalue weighted by Crippen LogP contribution is -2.23. The molecule has 1 aromatic heterocycles. The molecule has 0 saturated heterocycles. The van der Waals surface area contributed by atoms with Crippen molar-refractivity contribution in [2.45, 2.75) is 60.2 Å². The first-order valence-corrected chi connectivity index (χ1v) is 7.80. The van der Waals surface area contributed by atoms with Crippen LogP contribution in [0.5, 0.6) is 0 Å². The molecule has 2 aromatic rings. The number of hydrogen-bond acceptors (Lipinski definition) is 2. The standard InChI is InChI=1S/C18H27N3/c1-7-21-16(6)18(15(5)20-21)14(4)19-13(3)17-10-8-12(2)9-11-17/h8-11,13-14,19H,7H2,1-6H3/t13-,14?/m1/s1. The van der Waals surface area contributed by atoms with Crippen LogP contribution in [-0.4, -0.2) is 9.78 Å². The van der Waals surface area contributed by atoms with E-state index >= 15 is 0 Å². The third kappa shape index (κ3) is 3.35. The fourth-order valence-electron chi connectivity index (χ4n) is 3.06. The number of nitrogens with zero attached hydrogens (tertiary/aromatic N) is 2. The zero-order valence-electron chi connectivity index (χ0n) is 14.1. The van der Waals surface area contributed by atoms with Crippen LogP contribution in [0.15, 0.2) is 24.3 Å². The Bertz CT molecular complexity index is 596. The molecule has 21 heavy (non-hydrogen) atoms. The van der Waals surface area contributed by atoms with E-state index in [0.29, 0.717) is 12.1 Å². The topological polar surface area (TPSA) is 29.9 Å². The fourth-order valence-corrected chi connectivity index (χ4v) is 3.06. The summed E-state index contributed by atoms with van der Waals surface area (Å²) in [6.07, 6.45) is 0. The summed E-state index contributed by atoms with van der Waals surface area (Å²) in [4.78, 5) is 0. The summed E-state index contributed by atoms with van der Waals surface area (Å²) < 4.78 is 2.08. The number of nitrogens with one attached hydrogen (secondary N) is 1. The van der Waals surface area contributed by atoms with Gasteiger partial charge in [0.2, 0.25) is 0 Å². The van der Waals surface area contributed by atoms with Gasteiger partial charge in [-0.3, -0.25) is 4.68 Å². The third-order valence-corrected chi connectivity index (χ3v) is 4.25. The summed E-state index contributed by atoms with van der Waals surface area (Å²) in [5.41, 5.74) is 6.35. The summed E-state index contributed by atoms with van der Waals surface area (Å²) in [5, 5.41) is 8.32. The molecule has 0 spiro atoms. The number of hydrogen-bond donors (Lipinski definition) is 1. The maximum atomic E-state index is 4.62. The Morgan fingerprint density at radius 2 is 1.67 bits per heavy atom. The average Bonchev–Trinajstić information content (AvgIpc) is 2.73. The van der Waals surface area contributed by atoms with Crippen molar-refractivity contribution in [2.75, 3.05) is 0 Å². The molecule has 2 rings (SSSR count). The van der Waals surface area contributed by atoms with Crippen LogP contribution in [0.3, 0.4) is 0 Å². The SMILES string of the molecule is CCn1nc(C)c(C(C)N[C@H](C)c2ccc(C)cc2)c1C. The molecule has 1 N–H and O–H groups in total. The highest BCUT2D eigenvalue weighted by Gasteiger charge is 2.18. The molecule has 114 valence electrons. The van der Waals surface area contributed by atoms with Crippen molar-refractivity contribution in [3.05, 3.63) is 52.3 Å². The predicted molar refractivity (Wildman–Crippen MR) is 88.5 cm³/mol. The van der Waals surface area contributed by atoms with Crippen molar-refractivity contribution in [3.8, 4) is 0 Å². The van der Waals surface area contributed by atoms with E-state index in [1.54, 1.807) is 0 Å². The average molecular weight is 285 g/mol. The molecule has 1 heterocycles. The van der Waals surface area contributed by atoms with Gasteiger partial charge in [-0.1, -0.05) is 29.8 Å². The second-order valence-electron chi connectivity index (χ2n) is 5.92. The molecular weight excluding hydrogens is 258 g/mol. The number of rotatable bonds is 5. The van der Waals surface area contributed by atoms with Gasteiger partial charge in [0, 0.05) is 29.9 Å². The van der Waals surface area contributed by atoms with E-state index in [1.165, 1.54) is 22.4 Å². The van der Waals surface area contributed by atoms with Crippen LogP contribution in [0.4, 0.5) is 0 Å². The summed E-state index contributed by atoms with van der Waals surface area (Å²) in [6.45, 7) is 13.9. The lowest BCUT2D eigenvalue weighted by Gasteiger charge is -2.21. The predicted octanol–water partition coefficient (Wildman–Crippen LogP) is 4.24. The lowest BCUT2D eigenvalue weighted by molar-refractivity contribution is 0.490. The normalized spacial score (nSPS) is 14.2. The first-order chi connectivity index (χ1) is 9.93. The van der Waals surface area contributed by atoms with E-state index in [2.05, 4.69) is 80.9 Å².